The lowest BCUT2D eigenvalue weighted by Crippen LogP contribution is -2.42. The first-order valence-electron chi connectivity index (χ1n) is 3.03. The lowest BCUT2D eigenvalue weighted by atomic mass is 10.1. The molecule has 1 aliphatic rings. The average molecular weight is 132 g/mol. The van der Waals surface area contributed by atoms with Crippen LogP contribution in [0.3, 0.4) is 0 Å². The van der Waals surface area contributed by atoms with Crippen molar-refractivity contribution in [1.82, 2.24) is 5.32 Å². The summed E-state index contributed by atoms with van der Waals surface area (Å²) in [5, 5.41) is 20.5. The Morgan fingerprint density at radius 1 is 1.67 bits per heavy atom. The molecule has 0 saturated carbocycles. The molecule has 1 heterocycles. The summed E-state index contributed by atoms with van der Waals surface area (Å²) >= 11 is 0. The molecule has 3 atom stereocenters. The van der Waals surface area contributed by atoms with Crippen LogP contribution in [0.1, 0.15) is 0 Å². The number of aliphatic hydroxyl groups excluding tert-OH is 2. The van der Waals surface area contributed by atoms with Crippen LogP contribution in [-0.2, 0) is 0 Å². The van der Waals surface area contributed by atoms with Gasteiger partial charge in [0.25, 0.3) is 0 Å². The highest BCUT2D eigenvalue weighted by atomic mass is 16.3. The summed E-state index contributed by atoms with van der Waals surface area (Å²) in [5.41, 5.74) is 5.46. The van der Waals surface area contributed by atoms with E-state index in [0.717, 1.165) is 0 Å². The van der Waals surface area contributed by atoms with Gasteiger partial charge in [-0.15, -0.1) is 0 Å². The Kier molecular flexibility index (Phi) is 2.02. The van der Waals surface area contributed by atoms with E-state index in [2.05, 4.69) is 5.32 Å². The first-order chi connectivity index (χ1) is 4.25. The average Bonchev–Trinajstić information content (AvgIpc) is 2.15. The van der Waals surface area contributed by atoms with Gasteiger partial charge in [0.15, 0.2) is 0 Å². The number of hydrogen-bond donors (Lipinski definition) is 4. The highest BCUT2D eigenvalue weighted by Crippen LogP contribution is 2.03. The van der Waals surface area contributed by atoms with Gasteiger partial charge in [-0.2, -0.15) is 0 Å². The number of nitrogens with one attached hydrogen (secondary N) is 1. The highest BCUT2D eigenvalue weighted by molar-refractivity contribution is 4.92. The first kappa shape index (κ1) is 6.95. The summed E-state index contributed by atoms with van der Waals surface area (Å²) in [7, 11) is 0. The van der Waals surface area contributed by atoms with Crippen LogP contribution in [0.25, 0.3) is 0 Å². The summed E-state index contributed by atoms with van der Waals surface area (Å²) in [5.74, 6) is 0. The summed E-state index contributed by atoms with van der Waals surface area (Å²) in [6.07, 6.45) is -0.498. The van der Waals surface area contributed by atoms with Gasteiger partial charge >= 0.3 is 0 Å². The van der Waals surface area contributed by atoms with E-state index in [1.165, 1.54) is 0 Å². The van der Waals surface area contributed by atoms with E-state index in [1.54, 1.807) is 0 Å². The molecule has 0 aliphatic carbocycles. The van der Waals surface area contributed by atoms with Gasteiger partial charge in [-0.3, -0.25) is 0 Å². The molecule has 0 bridgehead atoms. The molecule has 54 valence electrons. The minimum atomic E-state index is -0.498. The Hall–Kier alpha value is -0.160. The molecular weight excluding hydrogens is 120 g/mol. The summed E-state index contributed by atoms with van der Waals surface area (Å²) in [4.78, 5) is 0. The van der Waals surface area contributed by atoms with Gasteiger partial charge in [-0.1, -0.05) is 0 Å². The van der Waals surface area contributed by atoms with Crippen molar-refractivity contribution >= 4 is 0 Å². The van der Waals surface area contributed by atoms with E-state index in [0.29, 0.717) is 6.54 Å². The maximum Gasteiger partial charge on any atom is 0.0831 e. The quantitative estimate of drug-likeness (QED) is 0.322. The largest absolute Gasteiger partial charge is 0.395 e. The second-order valence-electron chi connectivity index (χ2n) is 2.34. The van der Waals surface area contributed by atoms with Crippen molar-refractivity contribution in [2.24, 2.45) is 5.73 Å². The Labute approximate surface area is 53.7 Å². The van der Waals surface area contributed by atoms with Crippen molar-refractivity contribution < 1.29 is 10.2 Å². The highest BCUT2D eigenvalue weighted by Gasteiger charge is 2.30. The molecule has 9 heavy (non-hydrogen) atoms. The molecule has 0 aromatic carbocycles. The Bertz CT molecular complexity index is 99.0. The molecular formula is C5H12N2O2. The molecule has 1 fully saturated rings. The SMILES string of the molecule is NC1C(O)CNC1CO. The summed E-state index contributed by atoms with van der Waals surface area (Å²) in [6, 6.07) is -0.435. The van der Waals surface area contributed by atoms with Crippen molar-refractivity contribution in [3.8, 4) is 0 Å². The van der Waals surface area contributed by atoms with E-state index in [9.17, 15) is 0 Å². The minimum absolute atomic E-state index is 0.00176. The van der Waals surface area contributed by atoms with Crippen molar-refractivity contribution in [3.05, 3.63) is 0 Å². The smallest absolute Gasteiger partial charge is 0.0831 e. The van der Waals surface area contributed by atoms with Crippen LogP contribution >= 0.6 is 0 Å². The van der Waals surface area contributed by atoms with Gasteiger partial charge in [0, 0.05) is 18.6 Å². The molecule has 0 aromatic rings. The van der Waals surface area contributed by atoms with E-state index in [-0.39, 0.29) is 18.7 Å². The maximum atomic E-state index is 9.00. The van der Waals surface area contributed by atoms with Crippen LogP contribution in [0.4, 0.5) is 0 Å². The van der Waals surface area contributed by atoms with Gasteiger partial charge in [0.05, 0.1) is 12.7 Å². The van der Waals surface area contributed by atoms with Crippen LogP contribution in [-0.4, -0.2) is 41.6 Å². The third kappa shape index (κ3) is 1.21. The maximum absolute atomic E-state index is 9.00. The Morgan fingerprint density at radius 3 is 2.56 bits per heavy atom. The molecule has 1 rings (SSSR count). The molecule has 1 saturated heterocycles. The van der Waals surface area contributed by atoms with Crippen LogP contribution in [0.15, 0.2) is 0 Å². The number of nitrogens with two attached hydrogens (primary N) is 1. The molecule has 1 aliphatic heterocycles. The van der Waals surface area contributed by atoms with Gasteiger partial charge in [-0.05, 0) is 0 Å². The minimum Gasteiger partial charge on any atom is -0.395 e. The van der Waals surface area contributed by atoms with Crippen molar-refractivity contribution in [3.63, 3.8) is 0 Å². The van der Waals surface area contributed by atoms with Gasteiger partial charge in [0.1, 0.15) is 0 Å². The fraction of sp³-hybridized carbons (Fsp3) is 1.00. The number of β-amino-alcohol motifs (C(OH)–C–C–N with tert-alkyl or cyclic N) is 1. The molecule has 5 N–H and O–H groups in total. The molecule has 0 aromatic heterocycles. The van der Waals surface area contributed by atoms with Crippen molar-refractivity contribution in [1.29, 1.82) is 0 Å². The second-order valence-corrected chi connectivity index (χ2v) is 2.34. The zero-order valence-electron chi connectivity index (χ0n) is 5.12. The third-order valence-electron chi connectivity index (χ3n) is 1.69. The van der Waals surface area contributed by atoms with Gasteiger partial charge in [-0.25, -0.2) is 0 Å². The summed E-state index contributed by atoms with van der Waals surface area (Å²) in [6.45, 7) is 0.491. The van der Waals surface area contributed by atoms with Crippen molar-refractivity contribution in [2.75, 3.05) is 13.2 Å². The number of hydrogen-bond acceptors (Lipinski definition) is 4. The van der Waals surface area contributed by atoms with Crippen LogP contribution in [0.5, 0.6) is 0 Å². The lowest BCUT2D eigenvalue weighted by Gasteiger charge is -2.12. The van der Waals surface area contributed by atoms with Crippen LogP contribution < -0.4 is 11.1 Å². The van der Waals surface area contributed by atoms with E-state index in [4.69, 9.17) is 15.9 Å². The Morgan fingerprint density at radius 2 is 2.33 bits per heavy atom. The monoisotopic (exact) mass is 132 g/mol. The first-order valence-corrected chi connectivity index (χ1v) is 3.03. The van der Waals surface area contributed by atoms with Gasteiger partial charge < -0.3 is 21.3 Å². The molecule has 4 nitrogen and oxygen atoms in total. The zero-order chi connectivity index (χ0) is 6.85. The normalized spacial score (nSPS) is 43.7. The van der Waals surface area contributed by atoms with E-state index in [1.807, 2.05) is 0 Å². The topological polar surface area (TPSA) is 78.5 Å². The predicted molar refractivity (Wildman–Crippen MR) is 32.9 cm³/mol. The van der Waals surface area contributed by atoms with Crippen LogP contribution in [0.2, 0.25) is 0 Å². The number of rotatable bonds is 1. The predicted octanol–water partition coefficient (Wildman–Crippen LogP) is -2.36. The fourth-order valence-corrected chi connectivity index (χ4v) is 0.999. The van der Waals surface area contributed by atoms with Crippen LogP contribution in [0, 0.1) is 0 Å². The Balaban J connectivity index is 2.41. The molecule has 0 spiro atoms. The second kappa shape index (κ2) is 2.62. The van der Waals surface area contributed by atoms with E-state index >= 15 is 0 Å². The molecule has 3 unspecified atom stereocenters. The third-order valence-corrected chi connectivity index (χ3v) is 1.69. The van der Waals surface area contributed by atoms with Gasteiger partial charge in [0.2, 0.25) is 0 Å². The van der Waals surface area contributed by atoms with E-state index < -0.39 is 6.10 Å². The van der Waals surface area contributed by atoms with Crippen molar-refractivity contribution in [2.45, 2.75) is 18.2 Å². The molecule has 4 heteroatoms. The zero-order valence-corrected chi connectivity index (χ0v) is 5.12. The number of aliphatic hydroxyl groups is 2. The summed E-state index contributed by atoms with van der Waals surface area (Å²) < 4.78 is 0. The fourth-order valence-electron chi connectivity index (χ4n) is 0.999. The molecule has 0 radical (unpaired) electrons. The molecule has 0 amide bonds. The standard InChI is InChI=1S/C5H12N2O2/c6-5-3(2-8)7-1-4(5)9/h3-5,7-9H,1-2,6H2. The lowest BCUT2D eigenvalue weighted by molar-refractivity contribution is 0.162.